The van der Waals surface area contributed by atoms with E-state index < -0.39 is 0 Å². The summed E-state index contributed by atoms with van der Waals surface area (Å²) in [5.41, 5.74) is 1.09. The molecule has 4 rings (SSSR count). The van der Waals surface area contributed by atoms with Crippen LogP contribution in [0.3, 0.4) is 0 Å². The summed E-state index contributed by atoms with van der Waals surface area (Å²) in [4.78, 5) is 11.6. The van der Waals surface area contributed by atoms with Crippen molar-refractivity contribution < 1.29 is 4.39 Å². The highest BCUT2D eigenvalue weighted by Gasteiger charge is 2.44. The Morgan fingerprint density at radius 2 is 2.25 bits per heavy atom. The Morgan fingerprint density at radius 1 is 1.39 bits per heavy atom. The van der Waals surface area contributed by atoms with E-state index in [4.69, 9.17) is 4.99 Å². The Hall–Kier alpha value is -2.37. The summed E-state index contributed by atoms with van der Waals surface area (Å²) < 4.78 is 15.9. The molecule has 0 radical (unpaired) electrons. The molecule has 1 aliphatic heterocycles. The molecule has 1 saturated heterocycles. The highest BCUT2D eigenvalue weighted by atomic mass is 19.1. The van der Waals surface area contributed by atoms with Crippen LogP contribution in [-0.2, 0) is 5.41 Å². The lowest BCUT2D eigenvalue weighted by molar-refractivity contribution is 0.189. The van der Waals surface area contributed by atoms with Crippen LogP contribution in [0.4, 0.5) is 4.39 Å². The van der Waals surface area contributed by atoms with E-state index in [1.54, 1.807) is 12.1 Å². The van der Waals surface area contributed by atoms with Crippen molar-refractivity contribution in [1.29, 1.82) is 0 Å². The molecule has 2 aliphatic rings. The number of halogens is 1. The average Bonchev–Trinajstić information content (AvgIpc) is 3.30. The molecular formula is C22H30FN5. The molecule has 2 atom stereocenters. The second kappa shape index (κ2) is 7.94. The molecule has 0 spiro atoms. The van der Waals surface area contributed by atoms with E-state index >= 15 is 0 Å². The summed E-state index contributed by atoms with van der Waals surface area (Å²) in [6.45, 7) is 7.90. The lowest BCUT2D eigenvalue weighted by atomic mass is 9.93. The highest BCUT2D eigenvalue weighted by molar-refractivity contribution is 5.80. The zero-order chi connectivity index (χ0) is 19.6. The molecule has 2 heterocycles. The Labute approximate surface area is 166 Å². The van der Waals surface area contributed by atoms with Crippen LogP contribution in [0.5, 0.6) is 0 Å². The van der Waals surface area contributed by atoms with Crippen LogP contribution in [0.25, 0.3) is 0 Å². The number of aliphatic imine (C=N–C) groups is 1. The summed E-state index contributed by atoms with van der Waals surface area (Å²) in [5, 5.41) is 3.47. The summed E-state index contributed by atoms with van der Waals surface area (Å²) in [7, 11) is 0. The molecule has 1 aromatic heterocycles. The Kier molecular flexibility index (Phi) is 5.38. The van der Waals surface area contributed by atoms with E-state index in [2.05, 4.69) is 39.8 Å². The van der Waals surface area contributed by atoms with E-state index in [0.29, 0.717) is 18.5 Å². The first-order valence-electron chi connectivity index (χ1n) is 10.4. The maximum absolute atomic E-state index is 13.7. The standard InChI is InChI=1S/C22H30FN5/c1-3-25-21(26-15-22(8-9-22)18-5-4-6-19(23)13-18)27-11-7-17(2)20(14-27)28-12-10-24-16-28/h4-6,10,12-13,16-17,20H,3,7-9,11,14-15H2,1-2H3,(H,25,26). The molecule has 1 N–H and O–H groups in total. The smallest absolute Gasteiger partial charge is 0.194 e. The van der Waals surface area contributed by atoms with Gasteiger partial charge in [0, 0.05) is 37.4 Å². The third-order valence-corrected chi connectivity index (χ3v) is 6.28. The number of piperidine rings is 1. The van der Waals surface area contributed by atoms with Crippen LogP contribution in [0.15, 0.2) is 48.0 Å². The third-order valence-electron chi connectivity index (χ3n) is 6.28. The molecule has 2 aromatic rings. The van der Waals surface area contributed by atoms with Gasteiger partial charge in [0.05, 0.1) is 18.9 Å². The fourth-order valence-corrected chi connectivity index (χ4v) is 4.25. The number of likely N-dealkylation sites (tertiary alicyclic amines) is 1. The molecule has 1 aromatic carbocycles. The first-order valence-corrected chi connectivity index (χ1v) is 10.4. The van der Waals surface area contributed by atoms with Crippen molar-refractivity contribution in [2.75, 3.05) is 26.2 Å². The van der Waals surface area contributed by atoms with Crippen LogP contribution in [0.1, 0.15) is 44.7 Å². The maximum atomic E-state index is 13.7. The molecule has 2 fully saturated rings. The number of guanidine groups is 1. The number of aromatic nitrogens is 2. The summed E-state index contributed by atoms with van der Waals surface area (Å²) >= 11 is 0. The second-order valence-corrected chi connectivity index (χ2v) is 8.25. The number of rotatable bonds is 5. The Bertz CT molecular complexity index is 812. The monoisotopic (exact) mass is 383 g/mol. The topological polar surface area (TPSA) is 45.5 Å². The summed E-state index contributed by atoms with van der Waals surface area (Å²) in [5.74, 6) is 1.42. The fourth-order valence-electron chi connectivity index (χ4n) is 4.25. The number of nitrogens with one attached hydrogen (secondary N) is 1. The van der Waals surface area contributed by atoms with E-state index in [1.807, 2.05) is 18.6 Å². The van der Waals surface area contributed by atoms with E-state index in [0.717, 1.165) is 50.4 Å². The van der Waals surface area contributed by atoms with E-state index in [-0.39, 0.29) is 11.2 Å². The maximum Gasteiger partial charge on any atom is 0.194 e. The summed E-state index contributed by atoms with van der Waals surface area (Å²) in [6, 6.07) is 7.43. The lowest BCUT2D eigenvalue weighted by Crippen LogP contribution is -2.49. The molecule has 5 nitrogen and oxygen atoms in total. The second-order valence-electron chi connectivity index (χ2n) is 8.25. The van der Waals surface area contributed by atoms with Crippen LogP contribution in [0.2, 0.25) is 0 Å². The number of nitrogens with zero attached hydrogens (tertiary/aromatic N) is 4. The minimum absolute atomic E-state index is 0.00952. The molecule has 150 valence electrons. The van der Waals surface area contributed by atoms with Gasteiger partial charge in [-0.3, -0.25) is 4.99 Å². The van der Waals surface area contributed by atoms with Gasteiger partial charge in [-0.25, -0.2) is 9.37 Å². The van der Waals surface area contributed by atoms with Gasteiger partial charge in [0.2, 0.25) is 0 Å². The molecule has 1 aliphatic carbocycles. The van der Waals surface area contributed by atoms with Crippen molar-refractivity contribution in [1.82, 2.24) is 19.8 Å². The minimum Gasteiger partial charge on any atom is -0.357 e. The third kappa shape index (κ3) is 3.91. The zero-order valence-corrected chi connectivity index (χ0v) is 16.8. The van der Waals surface area contributed by atoms with Gasteiger partial charge in [-0.1, -0.05) is 19.1 Å². The number of hydrogen-bond donors (Lipinski definition) is 1. The van der Waals surface area contributed by atoms with Crippen molar-refractivity contribution in [3.8, 4) is 0 Å². The van der Waals surface area contributed by atoms with Gasteiger partial charge in [0.1, 0.15) is 5.82 Å². The lowest BCUT2D eigenvalue weighted by Gasteiger charge is -2.39. The van der Waals surface area contributed by atoms with Gasteiger partial charge in [-0.15, -0.1) is 0 Å². The Balaban J connectivity index is 1.50. The Morgan fingerprint density at radius 3 is 2.93 bits per heavy atom. The average molecular weight is 384 g/mol. The fraction of sp³-hybridized carbons (Fsp3) is 0.545. The molecule has 1 saturated carbocycles. The SMILES string of the molecule is CCNC(=NCC1(c2cccc(F)c2)CC1)N1CCC(C)C(n2ccnc2)C1. The van der Waals surface area contributed by atoms with Crippen molar-refractivity contribution >= 4 is 5.96 Å². The number of benzene rings is 1. The molecule has 28 heavy (non-hydrogen) atoms. The van der Waals surface area contributed by atoms with Gasteiger partial charge in [0.25, 0.3) is 0 Å². The predicted octanol–water partition coefficient (Wildman–Crippen LogP) is 3.60. The van der Waals surface area contributed by atoms with E-state index in [9.17, 15) is 4.39 Å². The largest absolute Gasteiger partial charge is 0.357 e. The molecule has 2 unspecified atom stereocenters. The number of hydrogen-bond acceptors (Lipinski definition) is 2. The minimum atomic E-state index is -0.159. The van der Waals surface area contributed by atoms with Crippen LogP contribution < -0.4 is 5.32 Å². The summed E-state index contributed by atoms with van der Waals surface area (Å²) in [6.07, 6.45) is 9.10. The van der Waals surface area contributed by atoms with Crippen LogP contribution in [0, 0.1) is 11.7 Å². The number of imidazole rings is 1. The molecular weight excluding hydrogens is 353 g/mol. The van der Waals surface area contributed by atoms with Gasteiger partial charge >= 0.3 is 0 Å². The normalized spacial score (nSPS) is 24.2. The molecule has 6 heteroatoms. The first-order chi connectivity index (χ1) is 13.6. The van der Waals surface area contributed by atoms with Crippen molar-refractivity contribution in [3.05, 3.63) is 54.4 Å². The van der Waals surface area contributed by atoms with Gasteiger partial charge < -0.3 is 14.8 Å². The first kappa shape index (κ1) is 19.0. The van der Waals surface area contributed by atoms with Gasteiger partial charge in [-0.2, -0.15) is 0 Å². The molecule has 0 amide bonds. The van der Waals surface area contributed by atoms with Crippen molar-refractivity contribution in [2.45, 2.75) is 44.6 Å². The van der Waals surface area contributed by atoms with Crippen molar-refractivity contribution in [2.24, 2.45) is 10.9 Å². The van der Waals surface area contributed by atoms with Crippen molar-refractivity contribution in [3.63, 3.8) is 0 Å². The van der Waals surface area contributed by atoms with E-state index in [1.165, 1.54) is 6.07 Å². The quantitative estimate of drug-likeness (QED) is 0.634. The van der Waals surface area contributed by atoms with Crippen LogP contribution in [-0.4, -0.2) is 46.6 Å². The van der Waals surface area contributed by atoms with Crippen LogP contribution >= 0.6 is 0 Å². The van der Waals surface area contributed by atoms with Gasteiger partial charge in [0.15, 0.2) is 5.96 Å². The zero-order valence-electron chi connectivity index (χ0n) is 16.8. The molecule has 0 bridgehead atoms. The highest BCUT2D eigenvalue weighted by Crippen LogP contribution is 2.48. The predicted molar refractivity (Wildman–Crippen MR) is 110 cm³/mol. The van der Waals surface area contributed by atoms with Gasteiger partial charge in [-0.05, 0) is 49.8 Å².